The van der Waals surface area contributed by atoms with E-state index in [0.29, 0.717) is 17.0 Å². The molecule has 0 spiro atoms. The van der Waals surface area contributed by atoms with E-state index in [1.54, 1.807) is 18.4 Å². The van der Waals surface area contributed by atoms with Gasteiger partial charge < -0.3 is 13.7 Å². The van der Waals surface area contributed by atoms with Gasteiger partial charge in [-0.15, -0.1) is 0 Å². The Bertz CT molecular complexity index is 594. The Labute approximate surface area is 131 Å². The van der Waals surface area contributed by atoms with E-state index in [9.17, 15) is 4.79 Å². The molecule has 1 aliphatic heterocycles. The zero-order valence-corrected chi connectivity index (χ0v) is 13.2. The van der Waals surface area contributed by atoms with Crippen molar-refractivity contribution < 1.29 is 13.6 Å². The molecule has 0 unspecified atom stereocenters. The van der Waals surface area contributed by atoms with Crippen molar-refractivity contribution in [3.63, 3.8) is 0 Å². The van der Waals surface area contributed by atoms with Crippen molar-refractivity contribution in [3.05, 3.63) is 46.7 Å². The maximum atomic E-state index is 12.4. The van der Waals surface area contributed by atoms with Crippen molar-refractivity contribution in [2.24, 2.45) is 0 Å². The van der Waals surface area contributed by atoms with Gasteiger partial charge in [-0.25, -0.2) is 0 Å². The molecule has 21 heavy (non-hydrogen) atoms. The first kappa shape index (κ1) is 14.4. The van der Waals surface area contributed by atoms with Crippen molar-refractivity contribution in [1.29, 1.82) is 0 Å². The number of hydrogen-bond donors (Lipinski definition) is 0. The van der Waals surface area contributed by atoms with Gasteiger partial charge in [0, 0.05) is 26.2 Å². The van der Waals surface area contributed by atoms with Crippen LogP contribution in [0.2, 0.25) is 0 Å². The Hall–Kier alpha value is -1.53. The van der Waals surface area contributed by atoms with E-state index in [0.717, 1.165) is 38.4 Å². The van der Waals surface area contributed by atoms with Gasteiger partial charge in [-0.1, -0.05) is 0 Å². The minimum Gasteiger partial charge on any atom is -0.468 e. The summed E-state index contributed by atoms with van der Waals surface area (Å²) in [6.07, 6.45) is 2.64. The fourth-order valence-electron chi connectivity index (χ4n) is 2.54. The van der Waals surface area contributed by atoms with Crippen LogP contribution in [-0.2, 0) is 6.54 Å². The highest BCUT2D eigenvalue weighted by Gasteiger charge is 2.22. The zero-order chi connectivity index (χ0) is 14.7. The lowest BCUT2D eigenvalue weighted by atomic mass is 10.3. The summed E-state index contributed by atoms with van der Waals surface area (Å²) in [6.45, 7) is 4.06. The third-order valence-electron chi connectivity index (χ3n) is 3.62. The number of halogens is 1. The maximum Gasteiger partial charge on any atom is 0.289 e. The molecule has 0 radical (unpaired) electrons. The Morgan fingerprint density at radius 2 is 2.10 bits per heavy atom. The summed E-state index contributed by atoms with van der Waals surface area (Å²) in [5, 5.41) is 0. The molecule has 0 atom stereocenters. The maximum absolute atomic E-state index is 12.4. The molecular formula is C15H17BrN2O3. The van der Waals surface area contributed by atoms with Crippen LogP contribution in [-0.4, -0.2) is 41.9 Å². The third kappa shape index (κ3) is 3.57. The van der Waals surface area contributed by atoms with Crippen LogP contribution >= 0.6 is 15.9 Å². The van der Waals surface area contributed by atoms with Crippen LogP contribution in [0, 0.1) is 0 Å². The summed E-state index contributed by atoms with van der Waals surface area (Å²) in [4.78, 5) is 16.5. The van der Waals surface area contributed by atoms with E-state index in [1.165, 1.54) is 0 Å². The molecule has 3 rings (SSSR count). The summed E-state index contributed by atoms with van der Waals surface area (Å²) in [5.41, 5.74) is 0. The number of hydrogen-bond acceptors (Lipinski definition) is 4. The summed E-state index contributed by atoms with van der Waals surface area (Å²) in [7, 11) is 0. The minimum absolute atomic E-state index is 0.0412. The average Bonchev–Trinajstić information content (AvgIpc) is 3.07. The lowest BCUT2D eigenvalue weighted by Gasteiger charge is -2.20. The molecule has 1 amide bonds. The molecule has 0 N–H and O–H groups in total. The molecule has 3 heterocycles. The first-order valence-electron chi connectivity index (χ1n) is 7.02. The smallest absolute Gasteiger partial charge is 0.289 e. The molecule has 1 saturated heterocycles. The third-order valence-corrected chi connectivity index (χ3v) is 4.05. The molecule has 0 aliphatic carbocycles. The molecule has 0 bridgehead atoms. The van der Waals surface area contributed by atoms with Crippen LogP contribution in [0.5, 0.6) is 0 Å². The van der Waals surface area contributed by atoms with Crippen LogP contribution in [0.15, 0.2) is 44.0 Å². The quantitative estimate of drug-likeness (QED) is 0.851. The molecule has 2 aromatic heterocycles. The van der Waals surface area contributed by atoms with Crippen molar-refractivity contribution in [1.82, 2.24) is 9.80 Å². The van der Waals surface area contributed by atoms with Gasteiger partial charge in [0.1, 0.15) is 5.76 Å². The molecule has 6 heteroatoms. The molecule has 1 fully saturated rings. The standard InChI is InChI=1S/C15H17BrN2O3/c16-14-5-4-13(21-14)15(19)18-7-2-6-17(8-9-18)11-12-3-1-10-20-12/h1,3-5,10H,2,6-9,11H2. The normalized spacial score (nSPS) is 16.9. The number of rotatable bonds is 3. The fraction of sp³-hybridized carbons (Fsp3) is 0.400. The second kappa shape index (κ2) is 6.49. The van der Waals surface area contributed by atoms with Crippen molar-refractivity contribution in [3.8, 4) is 0 Å². The van der Waals surface area contributed by atoms with E-state index >= 15 is 0 Å². The van der Waals surface area contributed by atoms with Gasteiger partial charge in [0.15, 0.2) is 10.4 Å². The van der Waals surface area contributed by atoms with Gasteiger partial charge in [0.25, 0.3) is 5.91 Å². The van der Waals surface area contributed by atoms with Crippen molar-refractivity contribution in [2.45, 2.75) is 13.0 Å². The number of carbonyl (C=O) groups excluding carboxylic acids is 1. The van der Waals surface area contributed by atoms with Gasteiger partial charge in [-0.05, 0) is 46.6 Å². The van der Waals surface area contributed by atoms with E-state index < -0.39 is 0 Å². The van der Waals surface area contributed by atoms with Crippen LogP contribution in [0.4, 0.5) is 0 Å². The Kier molecular flexibility index (Phi) is 4.45. The Morgan fingerprint density at radius 1 is 1.19 bits per heavy atom. The number of furan rings is 2. The fourth-order valence-corrected chi connectivity index (χ4v) is 2.85. The monoisotopic (exact) mass is 352 g/mol. The lowest BCUT2D eigenvalue weighted by molar-refractivity contribution is 0.0727. The highest BCUT2D eigenvalue weighted by atomic mass is 79.9. The van der Waals surface area contributed by atoms with Gasteiger partial charge >= 0.3 is 0 Å². The molecule has 112 valence electrons. The topological polar surface area (TPSA) is 49.8 Å². The van der Waals surface area contributed by atoms with Crippen LogP contribution < -0.4 is 0 Å². The molecule has 5 nitrogen and oxygen atoms in total. The second-order valence-electron chi connectivity index (χ2n) is 5.11. The van der Waals surface area contributed by atoms with E-state index in [-0.39, 0.29) is 5.91 Å². The first-order valence-corrected chi connectivity index (χ1v) is 7.81. The molecule has 1 aliphatic rings. The molecule has 0 aromatic carbocycles. The first-order chi connectivity index (χ1) is 10.2. The summed E-state index contributed by atoms with van der Waals surface area (Å²) < 4.78 is 11.3. The molecular weight excluding hydrogens is 336 g/mol. The lowest BCUT2D eigenvalue weighted by Crippen LogP contribution is -2.34. The highest BCUT2D eigenvalue weighted by Crippen LogP contribution is 2.17. The number of carbonyl (C=O) groups is 1. The predicted octanol–water partition coefficient (Wildman–Crippen LogP) is 2.98. The average molecular weight is 353 g/mol. The van der Waals surface area contributed by atoms with Gasteiger partial charge in [-0.3, -0.25) is 9.69 Å². The van der Waals surface area contributed by atoms with Crippen LogP contribution in [0.3, 0.4) is 0 Å². The number of nitrogens with zero attached hydrogens (tertiary/aromatic N) is 2. The van der Waals surface area contributed by atoms with Crippen LogP contribution in [0.1, 0.15) is 22.7 Å². The summed E-state index contributed by atoms with van der Waals surface area (Å²) in [6, 6.07) is 7.33. The van der Waals surface area contributed by atoms with E-state index in [4.69, 9.17) is 8.83 Å². The van der Waals surface area contributed by atoms with Crippen molar-refractivity contribution in [2.75, 3.05) is 26.2 Å². The Morgan fingerprint density at radius 3 is 2.81 bits per heavy atom. The minimum atomic E-state index is -0.0412. The van der Waals surface area contributed by atoms with Crippen LogP contribution in [0.25, 0.3) is 0 Å². The van der Waals surface area contributed by atoms with Gasteiger partial charge in [0.05, 0.1) is 12.8 Å². The zero-order valence-electron chi connectivity index (χ0n) is 11.6. The van der Waals surface area contributed by atoms with Gasteiger partial charge in [0.2, 0.25) is 0 Å². The second-order valence-corrected chi connectivity index (χ2v) is 5.89. The Balaban J connectivity index is 1.59. The van der Waals surface area contributed by atoms with E-state index in [2.05, 4.69) is 20.8 Å². The largest absolute Gasteiger partial charge is 0.468 e. The van der Waals surface area contributed by atoms with Gasteiger partial charge in [-0.2, -0.15) is 0 Å². The molecule has 0 saturated carbocycles. The molecule has 2 aromatic rings. The SMILES string of the molecule is O=C(c1ccc(Br)o1)N1CCCN(Cc2ccco2)CC1. The van der Waals surface area contributed by atoms with E-state index in [1.807, 2.05) is 17.0 Å². The summed E-state index contributed by atoms with van der Waals surface area (Å²) >= 11 is 3.23. The number of amides is 1. The summed E-state index contributed by atoms with van der Waals surface area (Å²) in [5.74, 6) is 1.31. The van der Waals surface area contributed by atoms with Crippen molar-refractivity contribution >= 4 is 21.8 Å². The predicted molar refractivity (Wildman–Crippen MR) is 80.9 cm³/mol. The highest BCUT2D eigenvalue weighted by molar-refractivity contribution is 9.10.